The molecule has 0 bridgehead atoms. The first-order valence-electron chi connectivity index (χ1n) is 8.87. The van der Waals surface area contributed by atoms with Crippen LogP contribution in [0.1, 0.15) is 25.3 Å². The summed E-state index contributed by atoms with van der Waals surface area (Å²) in [6.07, 6.45) is 1.05. The van der Waals surface area contributed by atoms with Crippen LogP contribution in [0.5, 0.6) is 0 Å². The maximum Gasteiger partial charge on any atom is 0.228 e. The fourth-order valence-corrected chi connectivity index (χ4v) is 3.56. The van der Waals surface area contributed by atoms with E-state index in [-0.39, 0.29) is 30.1 Å². The molecule has 0 spiro atoms. The van der Waals surface area contributed by atoms with Gasteiger partial charge in [-0.2, -0.15) is 0 Å². The van der Waals surface area contributed by atoms with E-state index in [1.54, 1.807) is 16.7 Å². The minimum atomic E-state index is -0.294. The Bertz CT molecular complexity index is 671. The average molecular weight is 343 g/mol. The van der Waals surface area contributed by atoms with Gasteiger partial charge in [-0.1, -0.05) is 17.7 Å². The molecule has 0 radical (unpaired) electrons. The van der Waals surface area contributed by atoms with Gasteiger partial charge in [-0.3, -0.25) is 14.4 Å². The summed E-state index contributed by atoms with van der Waals surface area (Å²) in [5, 5.41) is 0. The lowest BCUT2D eigenvalue weighted by atomic mass is 10.1. The van der Waals surface area contributed by atoms with E-state index in [1.807, 2.05) is 36.1 Å². The monoisotopic (exact) mass is 343 g/mol. The van der Waals surface area contributed by atoms with Crippen LogP contribution in [0.15, 0.2) is 24.3 Å². The van der Waals surface area contributed by atoms with Crippen molar-refractivity contribution in [3.63, 3.8) is 0 Å². The molecule has 2 aliphatic rings. The second-order valence-corrected chi connectivity index (χ2v) is 6.93. The quantitative estimate of drug-likeness (QED) is 0.816. The molecule has 0 aromatic heterocycles. The van der Waals surface area contributed by atoms with Gasteiger partial charge in [0.25, 0.3) is 0 Å². The first-order chi connectivity index (χ1) is 12.0. The Morgan fingerprint density at radius 1 is 1.00 bits per heavy atom. The van der Waals surface area contributed by atoms with Crippen molar-refractivity contribution >= 4 is 23.4 Å². The highest BCUT2D eigenvalue weighted by molar-refractivity contribution is 6.00. The van der Waals surface area contributed by atoms with E-state index in [0.29, 0.717) is 32.7 Å². The van der Waals surface area contributed by atoms with Crippen LogP contribution in [0.2, 0.25) is 0 Å². The van der Waals surface area contributed by atoms with E-state index in [2.05, 4.69) is 0 Å². The third kappa shape index (κ3) is 3.83. The predicted octanol–water partition coefficient (Wildman–Crippen LogP) is 1.43. The van der Waals surface area contributed by atoms with Crippen molar-refractivity contribution in [1.29, 1.82) is 0 Å². The number of aryl methyl sites for hydroxylation is 1. The zero-order valence-corrected chi connectivity index (χ0v) is 14.9. The van der Waals surface area contributed by atoms with Crippen LogP contribution in [-0.2, 0) is 14.4 Å². The van der Waals surface area contributed by atoms with Gasteiger partial charge < -0.3 is 14.7 Å². The second kappa shape index (κ2) is 7.25. The fourth-order valence-electron chi connectivity index (χ4n) is 3.56. The molecule has 3 rings (SSSR count). The van der Waals surface area contributed by atoms with Gasteiger partial charge in [0.15, 0.2) is 0 Å². The zero-order valence-electron chi connectivity index (χ0n) is 14.9. The van der Waals surface area contributed by atoms with Crippen LogP contribution < -0.4 is 4.90 Å². The molecule has 0 aliphatic carbocycles. The van der Waals surface area contributed by atoms with E-state index < -0.39 is 0 Å². The molecule has 2 aliphatic heterocycles. The van der Waals surface area contributed by atoms with Crippen LogP contribution in [0.3, 0.4) is 0 Å². The van der Waals surface area contributed by atoms with Gasteiger partial charge in [-0.15, -0.1) is 0 Å². The van der Waals surface area contributed by atoms with Crippen LogP contribution in [0, 0.1) is 12.8 Å². The van der Waals surface area contributed by atoms with Gasteiger partial charge >= 0.3 is 0 Å². The van der Waals surface area contributed by atoms with Gasteiger partial charge in [0, 0.05) is 51.8 Å². The highest BCUT2D eigenvalue weighted by Gasteiger charge is 2.37. The minimum absolute atomic E-state index is 0.00221. The normalized spacial score (nSPS) is 21.4. The van der Waals surface area contributed by atoms with Crippen molar-refractivity contribution < 1.29 is 14.4 Å². The lowest BCUT2D eigenvalue weighted by Crippen LogP contribution is -2.40. The number of nitrogens with zero attached hydrogens (tertiary/aromatic N) is 3. The molecule has 0 saturated carbocycles. The molecule has 2 heterocycles. The summed E-state index contributed by atoms with van der Waals surface area (Å²) in [6.45, 7) is 6.47. The van der Waals surface area contributed by atoms with E-state index in [4.69, 9.17) is 0 Å². The molecule has 0 N–H and O–H groups in total. The lowest BCUT2D eigenvalue weighted by Gasteiger charge is -2.24. The summed E-state index contributed by atoms with van der Waals surface area (Å²) in [6, 6.07) is 7.80. The number of amides is 3. The minimum Gasteiger partial charge on any atom is -0.341 e. The molecule has 6 nitrogen and oxygen atoms in total. The second-order valence-electron chi connectivity index (χ2n) is 6.93. The van der Waals surface area contributed by atoms with Crippen molar-refractivity contribution in [1.82, 2.24) is 9.80 Å². The molecular weight excluding hydrogens is 318 g/mol. The highest BCUT2D eigenvalue weighted by Crippen LogP contribution is 2.27. The molecule has 1 atom stereocenters. The first kappa shape index (κ1) is 17.5. The van der Waals surface area contributed by atoms with E-state index in [0.717, 1.165) is 17.7 Å². The van der Waals surface area contributed by atoms with Crippen molar-refractivity contribution in [3.05, 3.63) is 29.8 Å². The van der Waals surface area contributed by atoms with Crippen LogP contribution in [0.4, 0.5) is 5.69 Å². The Labute approximate surface area is 148 Å². The van der Waals surface area contributed by atoms with Crippen molar-refractivity contribution in [2.24, 2.45) is 5.92 Å². The van der Waals surface area contributed by atoms with Gasteiger partial charge in [0.1, 0.15) is 0 Å². The van der Waals surface area contributed by atoms with E-state index in [9.17, 15) is 14.4 Å². The Morgan fingerprint density at radius 3 is 2.32 bits per heavy atom. The molecule has 3 amide bonds. The molecule has 2 saturated heterocycles. The molecular formula is C19H25N3O3. The summed E-state index contributed by atoms with van der Waals surface area (Å²) < 4.78 is 0. The number of anilines is 1. The average Bonchev–Trinajstić information content (AvgIpc) is 2.82. The molecule has 6 heteroatoms. The summed E-state index contributed by atoms with van der Waals surface area (Å²) in [4.78, 5) is 42.1. The summed E-state index contributed by atoms with van der Waals surface area (Å²) in [7, 11) is 0. The Hall–Kier alpha value is -2.37. The number of rotatable bonds is 2. The molecule has 134 valence electrons. The largest absolute Gasteiger partial charge is 0.341 e. The first-order valence-corrected chi connectivity index (χ1v) is 8.87. The summed E-state index contributed by atoms with van der Waals surface area (Å²) in [5.41, 5.74) is 1.99. The standard InChI is InChI=1S/C19H25N3O3/c1-14-4-6-17(7-5-14)22-13-16(12-18(22)24)19(25)21-9-3-8-20(10-11-21)15(2)23/h4-7,16H,3,8-13H2,1-2H3. The fraction of sp³-hybridized carbons (Fsp3) is 0.526. The SMILES string of the molecule is CC(=O)N1CCCN(C(=O)C2CC(=O)N(c3ccc(C)cc3)C2)CC1. The van der Waals surface area contributed by atoms with Crippen LogP contribution >= 0.6 is 0 Å². The Kier molecular flexibility index (Phi) is 5.06. The van der Waals surface area contributed by atoms with Crippen LogP contribution in [0.25, 0.3) is 0 Å². The number of benzene rings is 1. The summed E-state index contributed by atoms with van der Waals surface area (Å²) in [5.74, 6) is -0.204. The topological polar surface area (TPSA) is 60.9 Å². The predicted molar refractivity (Wildman–Crippen MR) is 95.1 cm³/mol. The number of hydrogen-bond acceptors (Lipinski definition) is 3. The zero-order chi connectivity index (χ0) is 18.0. The van der Waals surface area contributed by atoms with Gasteiger partial charge in [-0.05, 0) is 25.5 Å². The smallest absolute Gasteiger partial charge is 0.228 e. The van der Waals surface area contributed by atoms with Crippen molar-refractivity contribution in [2.45, 2.75) is 26.7 Å². The Balaban J connectivity index is 1.64. The van der Waals surface area contributed by atoms with Crippen molar-refractivity contribution in [3.8, 4) is 0 Å². The number of carbonyl (C=O) groups is 3. The maximum atomic E-state index is 12.8. The molecule has 1 aromatic rings. The lowest BCUT2D eigenvalue weighted by molar-refractivity contribution is -0.136. The molecule has 2 fully saturated rings. The van der Waals surface area contributed by atoms with Gasteiger partial charge in [-0.25, -0.2) is 0 Å². The number of carbonyl (C=O) groups excluding carboxylic acids is 3. The van der Waals surface area contributed by atoms with E-state index >= 15 is 0 Å². The molecule has 1 aromatic carbocycles. The highest BCUT2D eigenvalue weighted by atomic mass is 16.2. The molecule has 25 heavy (non-hydrogen) atoms. The number of hydrogen-bond donors (Lipinski definition) is 0. The van der Waals surface area contributed by atoms with Crippen LogP contribution in [-0.4, -0.2) is 60.2 Å². The third-order valence-electron chi connectivity index (χ3n) is 5.07. The van der Waals surface area contributed by atoms with Crippen molar-refractivity contribution in [2.75, 3.05) is 37.6 Å². The Morgan fingerprint density at radius 2 is 1.64 bits per heavy atom. The van der Waals surface area contributed by atoms with Gasteiger partial charge in [0.05, 0.1) is 5.92 Å². The maximum absolute atomic E-state index is 12.8. The summed E-state index contributed by atoms with van der Waals surface area (Å²) >= 11 is 0. The molecule has 1 unspecified atom stereocenters. The van der Waals surface area contributed by atoms with Gasteiger partial charge in [0.2, 0.25) is 17.7 Å². The van der Waals surface area contributed by atoms with E-state index in [1.165, 1.54) is 0 Å². The third-order valence-corrected chi connectivity index (χ3v) is 5.07.